The smallest absolute Gasteiger partial charge is 0.326 e. The van der Waals surface area contributed by atoms with Crippen molar-refractivity contribution in [3.63, 3.8) is 0 Å². The highest BCUT2D eigenvalue weighted by Crippen LogP contribution is 2.02. The molecule has 0 atom stereocenters. The molecular formula is C8H15N3O3S. The third-order valence-corrected chi connectivity index (χ3v) is 1.46. The van der Waals surface area contributed by atoms with E-state index in [1.54, 1.807) is 0 Å². The molecule has 0 saturated heterocycles. The van der Waals surface area contributed by atoms with Crippen molar-refractivity contribution >= 4 is 10.3 Å². The molecule has 0 spiro atoms. The first kappa shape index (κ1) is 14.0. The molecule has 0 aliphatic heterocycles. The molecule has 7 heteroatoms. The standard InChI is InChI=1S/C8H12N2.H3NO3S/c9-5-7-2-1-3-8(4-7)6-10;1-5(2,3)4/h1-4H,5-6,9-10H2;(H3,1,2,3,4). The van der Waals surface area contributed by atoms with Gasteiger partial charge >= 0.3 is 10.3 Å². The van der Waals surface area contributed by atoms with Gasteiger partial charge in [-0.25, -0.2) is 5.14 Å². The Labute approximate surface area is 89.0 Å². The summed E-state index contributed by atoms with van der Waals surface area (Å²) in [6.07, 6.45) is 0. The molecule has 6 nitrogen and oxygen atoms in total. The average Bonchev–Trinajstić information content (AvgIpc) is 2.15. The molecule has 0 radical (unpaired) electrons. The second kappa shape index (κ2) is 6.49. The largest absolute Gasteiger partial charge is 0.330 e. The van der Waals surface area contributed by atoms with Crippen LogP contribution in [0, 0.1) is 0 Å². The number of nitrogens with two attached hydrogens (primary N) is 3. The Balaban J connectivity index is 0.000000336. The van der Waals surface area contributed by atoms with Gasteiger partial charge in [0.15, 0.2) is 0 Å². The highest BCUT2D eigenvalue weighted by molar-refractivity contribution is 7.83. The van der Waals surface area contributed by atoms with Crippen molar-refractivity contribution < 1.29 is 13.0 Å². The van der Waals surface area contributed by atoms with Crippen molar-refractivity contribution in [3.8, 4) is 0 Å². The summed E-state index contributed by atoms with van der Waals surface area (Å²) in [4.78, 5) is 0. The van der Waals surface area contributed by atoms with Crippen LogP contribution in [0.5, 0.6) is 0 Å². The summed E-state index contributed by atoms with van der Waals surface area (Å²) in [5.74, 6) is 0. The van der Waals surface area contributed by atoms with E-state index in [0.29, 0.717) is 13.1 Å². The van der Waals surface area contributed by atoms with E-state index >= 15 is 0 Å². The lowest BCUT2D eigenvalue weighted by molar-refractivity contribution is 0.485. The molecular weight excluding hydrogens is 218 g/mol. The van der Waals surface area contributed by atoms with Crippen LogP contribution >= 0.6 is 0 Å². The Kier molecular flexibility index (Phi) is 6.06. The summed E-state index contributed by atoms with van der Waals surface area (Å²) in [5.41, 5.74) is 13.1. The lowest BCUT2D eigenvalue weighted by atomic mass is 10.1. The highest BCUT2D eigenvalue weighted by atomic mass is 32.2. The lowest BCUT2D eigenvalue weighted by Crippen LogP contribution is -2.08. The first-order valence-corrected chi connectivity index (χ1v) is 5.60. The van der Waals surface area contributed by atoms with Gasteiger partial charge in [-0.3, -0.25) is 4.55 Å². The number of hydrogen-bond acceptors (Lipinski definition) is 4. The summed E-state index contributed by atoms with van der Waals surface area (Å²) >= 11 is 0. The van der Waals surface area contributed by atoms with Gasteiger partial charge in [0.05, 0.1) is 0 Å². The first-order valence-electron chi connectivity index (χ1n) is 4.10. The van der Waals surface area contributed by atoms with Crippen LogP contribution in [0.1, 0.15) is 11.1 Å². The van der Waals surface area contributed by atoms with Crippen molar-refractivity contribution in [2.75, 3.05) is 0 Å². The summed E-state index contributed by atoms with van der Waals surface area (Å²) in [6, 6.07) is 8.00. The summed E-state index contributed by atoms with van der Waals surface area (Å²) in [5, 5.41) is 3.88. The molecule has 0 aromatic heterocycles. The van der Waals surface area contributed by atoms with Gasteiger partial charge in [0.2, 0.25) is 0 Å². The molecule has 1 rings (SSSR count). The van der Waals surface area contributed by atoms with Crippen molar-refractivity contribution in [3.05, 3.63) is 35.4 Å². The molecule has 0 aliphatic carbocycles. The third-order valence-electron chi connectivity index (χ3n) is 1.46. The average molecular weight is 233 g/mol. The van der Waals surface area contributed by atoms with Gasteiger partial charge in [0, 0.05) is 13.1 Å². The van der Waals surface area contributed by atoms with Crippen LogP contribution in [0.2, 0.25) is 0 Å². The van der Waals surface area contributed by atoms with Crippen LogP contribution in [0.15, 0.2) is 24.3 Å². The summed E-state index contributed by atoms with van der Waals surface area (Å²) in [7, 11) is -4.17. The number of hydrogen-bond donors (Lipinski definition) is 4. The minimum absolute atomic E-state index is 0.591. The minimum atomic E-state index is -4.17. The Bertz CT molecular complexity index is 365. The van der Waals surface area contributed by atoms with Crippen molar-refractivity contribution in [1.29, 1.82) is 0 Å². The fourth-order valence-corrected chi connectivity index (χ4v) is 0.884. The maximum absolute atomic E-state index is 8.97. The number of rotatable bonds is 2. The molecule has 0 saturated carbocycles. The van der Waals surface area contributed by atoms with E-state index in [-0.39, 0.29) is 0 Å². The van der Waals surface area contributed by atoms with Crippen molar-refractivity contribution in [2.24, 2.45) is 16.6 Å². The maximum atomic E-state index is 8.97. The molecule has 0 heterocycles. The zero-order valence-corrected chi connectivity index (χ0v) is 8.94. The molecule has 0 amide bonds. The van der Waals surface area contributed by atoms with Gasteiger partial charge in [-0.1, -0.05) is 24.3 Å². The van der Waals surface area contributed by atoms with Crippen LogP contribution in [-0.2, 0) is 23.4 Å². The van der Waals surface area contributed by atoms with E-state index < -0.39 is 10.3 Å². The molecule has 1 aromatic carbocycles. The molecule has 1 aromatic rings. The zero-order chi connectivity index (χ0) is 11.9. The lowest BCUT2D eigenvalue weighted by Gasteiger charge is -1.98. The quantitative estimate of drug-likeness (QED) is 0.504. The van der Waals surface area contributed by atoms with E-state index in [0.717, 1.165) is 11.1 Å². The first-order chi connectivity index (χ1) is 6.86. The van der Waals surface area contributed by atoms with Gasteiger partial charge in [-0.2, -0.15) is 8.42 Å². The molecule has 7 N–H and O–H groups in total. The van der Waals surface area contributed by atoms with Gasteiger partial charge in [-0.05, 0) is 11.1 Å². The summed E-state index contributed by atoms with van der Waals surface area (Å²) < 4.78 is 25.2. The second-order valence-corrected chi connectivity index (χ2v) is 3.77. The van der Waals surface area contributed by atoms with Crippen LogP contribution in [-0.4, -0.2) is 13.0 Å². The number of benzene rings is 1. The maximum Gasteiger partial charge on any atom is 0.330 e. The van der Waals surface area contributed by atoms with Crippen LogP contribution in [0.25, 0.3) is 0 Å². The van der Waals surface area contributed by atoms with Crippen LogP contribution in [0.4, 0.5) is 0 Å². The highest BCUT2D eigenvalue weighted by Gasteiger charge is 1.89. The van der Waals surface area contributed by atoms with E-state index in [4.69, 9.17) is 24.4 Å². The molecule has 86 valence electrons. The molecule has 15 heavy (non-hydrogen) atoms. The van der Waals surface area contributed by atoms with Gasteiger partial charge in [0.1, 0.15) is 0 Å². The SMILES string of the molecule is NCc1cccc(CN)c1.NS(=O)(=O)O. The van der Waals surface area contributed by atoms with Gasteiger partial charge in [-0.15, -0.1) is 0 Å². The van der Waals surface area contributed by atoms with Gasteiger partial charge < -0.3 is 11.5 Å². The van der Waals surface area contributed by atoms with E-state index in [1.807, 2.05) is 24.3 Å². The molecule has 0 aliphatic rings. The minimum Gasteiger partial charge on any atom is -0.326 e. The van der Waals surface area contributed by atoms with Crippen molar-refractivity contribution in [2.45, 2.75) is 13.1 Å². The van der Waals surface area contributed by atoms with Gasteiger partial charge in [0.25, 0.3) is 0 Å². The summed E-state index contributed by atoms with van der Waals surface area (Å²) in [6.45, 7) is 1.18. The van der Waals surface area contributed by atoms with E-state index in [1.165, 1.54) is 0 Å². The Morgan fingerprint density at radius 1 is 1.13 bits per heavy atom. The molecule has 0 bridgehead atoms. The predicted molar refractivity (Wildman–Crippen MR) is 58.0 cm³/mol. The van der Waals surface area contributed by atoms with Crippen molar-refractivity contribution in [1.82, 2.24) is 0 Å². The van der Waals surface area contributed by atoms with Crippen LogP contribution in [0.3, 0.4) is 0 Å². The van der Waals surface area contributed by atoms with E-state index in [9.17, 15) is 0 Å². The Hall–Kier alpha value is -0.990. The third kappa shape index (κ3) is 9.32. The zero-order valence-electron chi connectivity index (χ0n) is 8.13. The fourth-order valence-electron chi connectivity index (χ4n) is 0.884. The predicted octanol–water partition coefficient (Wildman–Crippen LogP) is -0.648. The molecule has 0 fully saturated rings. The monoisotopic (exact) mass is 233 g/mol. The second-order valence-electron chi connectivity index (χ2n) is 2.74. The van der Waals surface area contributed by atoms with Crippen LogP contribution < -0.4 is 16.6 Å². The Morgan fingerprint density at radius 2 is 1.47 bits per heavy atom. The normalized spacial score (nSPS) is 10.4. The fraction of sp³-hybridized carbons (Fsp3) is 0.250. The Morgan fingerprint density at radius 3 is 1.73 bits per heavy atom. The topological polar surface area (TPSA) is 132 Å². The molecule has 0 unspecified atom stereocenters. The van der Waals surface area contributed by atoms with E-state index in [2.05, 4.69) is 5.14 Å².